The smallest absolute Gasteiger partial charge is 0.272 e. The third-order valence-electron chi connectivity index (χ3n) is 2.67. The van der Waals surface area contributed by atoms with Crippen LogP contribution < -0.4 is 0 Å². The standard InChI is InChI=1S/C12H13FN4O2/c1-12(2,3)16-7-14-15-11(16)9-5-4-8(17(18)19)6-10(9)13/h4-7H,1-3H3. The Labute approximate surface area is 109 Å². The van der Waals surface area contributed by atoms with Crippen molar-refractivity contribution in [2.24, 2.45) is 0 Å². The molecule has 0 saturated heterocycles. The van der Waals surface area contributed by atoms with Gasteiger partial charge in [0, 0.05) is 11.6 Å². The maximum absolute atomic E-state index is 14.0. The Morgan fingerprint density at radius 1 is 1.37 bits per heavy atom. The highest BCUT2D eigenvalue weighted by Gasteiger charge is 2.22. The van der Waals surface area contributed by atoms with Crippen LogP contribution in [-0.2, 0) is 5.54 Å². The molecule has 2 rings (SSSR count). The van der Waals surface area contributed by atoms with Crippen LogP contribution in [0.3, 0.4) is 0 Å². The minimum Gasteiger partial charge on any atom is -0.308 e. The van der Waals surface area contributed by atoms with Crippen LogP contribution in [0.25, 0.3) is 11.4 Å². The lowest BCUT2D eigenvalue weighted by Crippen LogP contribution is -2.22. The zero-order valence-electron chi connectivity index (χ0n) is 10.8. The Kier molecular flexibility index (Phi) is 3.05. The largest absolute Gasteiger partial charge is 0.308 e. The Bertz CT molecular complexity index is 631. The molecule has 0 amide bonds. The molecule has 0 unspecified atom stereocenters. The molecule has 0 saturated carbocycles. The van der Waals surface area contributed by atoms with Gasteiger partial charge in [0.15, 0.2) is 5.82 Å². The molecule has 1 heterocycles. The highest BCUT2D eigenvalue weighted by Crippen LogP contribution is 2.27. The third-order valence-corrected chi connectivity index (χ3v) is 2.67. The molecule has 0 radical (unpaired) electrons. The first-order chi connectivity index (χ1) is 8.80. The summed E-state index contributed by atoms with van der Waals surface area (Å²) in [5, 5.41) is 18.3. The quantitative estimate of drug-likeness (QED) is 0.617. The van der Waals surface area contributed by atoms with Crippen LogP contribution in [-0.4, -0.2) is 19.7 Å². The van der Waals surface area contributed by atoms with E-state index in [1.54, 1.807) is 4.57 Å². The van der Waals surface area contributed by atoms with E-state index in [0.29, 0.717) is 5.82 Å². The summed E-state index contributed by atoms with van der Waals surface area (Å²) in [6.07, 6.45) is 1.51. The number of nitro benzene ring substituents is 1. The van der Waals surface area contributed by atoms with E-state index in [1.807, 2.05) is 20.8 Å². The van der Waals surface area contributed by atoms with Gasteiger partial charge in [-0.1, -0.05) is 0 Å². The lowest BCUT2D eigenvalue weighted by Gasteiger charge is -2.22. The van der Waals surface area contributed by atoms with Crippen LogP contribution in [0.5, 0.6) is 0 Å². The maximum atomic E-state index is 14.0. The van der Waals surface area contributed by atoms with Crippen molar-refractivity contribution in [3.05, 3.63) is 40.5 Å². The Morgan fingerprint density at radius 3 is 2.58 bits per heavy atom. The molecular weight excluding hydrogens is 251 g/mol. The fourth-order valence-corrected chi connectivity index (χ4v) is 1.71. The van der Waals surface area contributed by atoms with Gasteiger partial charge in [0.2, 0.25) is 0 Å². The summed E-state index contributed by atoms with van der Waals surface area (Å²) in [5.74, 6) is -0.340. The summed E-state index contributed by atoms with van der Waals surface area (Å²) < 4.78 is 15.7. The van der Waals surface area contributed by atoms with E-state index < -0.39 is 10.7 Å². The Hall–Kier alpha value is -2.31. The Balaban J connectivity index is 2.55. The first-order valence-corrected chi connectivity index (χ1v) is 5.65. The van der Waals surface area contributed by atoms with Crippen molar-refractivity contribution in [3.8, 4) is 11.4 Å². The highest BCUT2D eigenvalue weighted by atomic mass is 19.1. The van der Waals surface area contributed by atoms with E-state index in [0.717, 1.165) is 6.07 Å². The molecule has 1 aromatic heterocycles. The van der Waals surface area contributed by atoms with Crippen molar-refractivity contribution in [2.45, 2.75) is 26.3 Å². The van der Waals surface area contributed by atoms with E-state index in [9.17, 15) is 14.5 Å². The van der Waals surface area contributed by atoms with Crippen molar-refractivity contribution in [1.29, 1.82) is 0 Å². The zero-order chi connectivity index (χ0) is 14.2. The predicted octanol–water partition coefficient (Wildman–Crippen LogP) is 2.75. The number of hydrogen-bond acceptors (Lipinski definition) is 4. The molecule has 2 aromatic rings. The summed E-state index contributed by atoms with van der Waals surface area (Å²) in [4.78, 5) is 9.95. The topological polar surface area (TPSA) is 73.8 Å². The third kappa shape index (κ3) is 2.44. The van der Waals surface area contributed by atoms with Crippen LogP contribution in [0.15, 0.2) is 24.5 Å². The van der Waals surface area contributed by atoms with Crippen LogP contribution >= 0.6 is 0 Å². The van der Waals surface area contributed by atoms with Gasteiger partial charge in [0.05, 0.1) is 16.6 Å². The molecule has 19 heavy (non-hydrogen) atoms. The van der Waals surface area contributed by atoms with Gasteiger partial charge in [-0.3, -0.25) is 10.1 Å². The fourth-order valence-electron chi connectivity index (χ4n) is 1.71. The van der Waals surface area contributed by atoms with Gasteiger partial charge in [-0.25, -0.2) is 4.39 Å². The van der Waals surface area contributed by atoms with Crippen molar-refractivity contribution in [1.82, 2.24) is 14.8 Å². The highest BCUT2D eigenvalue weighted by molar-refractivity contribution is 5.58. The lowest BCUT2D eigenvalue weighted by atomic mass is 10.1. The number of aromatic nitrogens is 3. The molecule has 6 nitrogen and oxygen atoms in total. The molecule has 0 bridgehead atoms. The summed E-state index contributed by atoms with van der Waals surface area (Å²) in [7, 11) is 0. The van der Waals surface area contributed by atoms with Gasteiger partial charge in [-0.15, -0.1) is 10.2 Å². The van der Waals surface area contributed by atoms with Gasteiger partial charge in [-0.2, -0.15) is 0 Å². The number of rotatable bonds is 2. The lowest BCUT2D eigenvalue weighted by molar-refractivity contribution is -0.385. The molecule has 100 valence electrons. The van der Waals surface area contributed by atoms with Crippen molar-refractivity contribution in [2.75, 3.05) is 0 Å². The van der Waals surface area contributed by atoms with Gasteiger partial charge < -0.3 is 4.57 Å². The molecule has 0 N–H and O–H groups in total. The van der Waals surface area contributed by atoms with Crippen LogP contribution in [0.1, 0.15) is 20.8 Å². The van der Waals surface area contributed by atoms with E-state index in [2.05, 4.69) is 10.2 Å². The normalized spacial score (nSPS) is 11.6. The van der Waals surface area contributed by atoms with E-state index in [-0.39, 0.29) is 16.8 Å². The number of benzene rings is 1. The van der Waals surface area contributed by atoms with Crippen LogP contribution in [0.2, 0.25) is 0 Å². The second-order valence-corrected chi connectivity index (χ2v) is 5.12. The van der Waals surface area contributed by atoms with Crippen LogP contribution in [0, 0.1) is 15.9 Å². The molecule has 0 aliphatic rings. The predicted molar refractivity (Wildman–Crippen MR) is 67.1 cm³/mol. The first kappa shape index (κ1) is 13.1. The molecule has 7 heteroatoms. The summed E-state index contributed by atoms with van der Waals surface area (Å²) in [5.41, 5.74) is -0.409. The van der Waals surface area contributed by atoms with Gasteiger partial charge in [0.1, 0.15) is 12.1 Å². The minimum absolute atomic E-state index is 0.193. The molecule has 0 aliphatic heterocycles. The Morgan fingerprint density at radius 2 is 2.05 bits per heavy atom. The van der Waals surface area contributed by atoms with E-state index in [1.165, 1.54) is 18.5 Å². The van der Waals surface area contributed by atoms with Gasteiger partial charge >= 0.3 is 0 Å². The van der Waals surface area contributed by atoms with Crippen molar-refractivity contribution in [3.63, 3.8) is 0 Å². The number of nitrogens with zero attached hydrogens (tertiary/aromatic N) is 4. The molecule has 1 aromatic carbocycles. The monoisotopic (exact) mass is 264 g/mol. The number of nitro groups is 1. The second-order valence-electron chi connectivity index (χ2n) is 5.12. The van der Waals surface area contributed by atoms with E-state index in [4.69, 9.17) is 0 Å². The maximum Gasteiger partial charge on any atom is 0.272 e. The SMILES string of the molecule is CC(C)(C)n1cnnc1-c1ccc([N+](=O)[O-])cc1F. The van der Waals surface area contributed by atoms with Gasteiger partial charge in [0.25, 0.3) is 5.69 Å². The average Bonchev–Trinajstić information content (AvgIpc) is 2.77. The number of halogens is 1. The summed E-state index contributed by atoms with van der Waals surface area (Å²) in [6.45, 7) is 5.80. The molecule has 0 fully saturated rings. The zero-order valence-corrected chi connectivity index (χ0v) is 10.8. The molecule has 0 spiro atoms. The minimum atomic E-state index is -0.687. The molecule has 0 atom stereocenters. The first-order valence-electron chi connectivity index (χ1n) is 5.65. The molecular formula is C12H13FN4O2. The van der Waals surface area contributed by atoms with Gasteiger partial charge in [-0.05, 0) is 26.8 Å². The number of non-ortho nitro benzene ring substituents is 1. The van der Waals surface area contributed by atoms with Crippen LogP contribution in [0.4, 0.5) is 10.1 Å². The molecule has 0 aliphatic carbocycles. The van der Waals surface area contributed by atoms with E-state index >= 15 is 0 Å². The summed E-state index contributed by atoms with van der Waals surface area (Å²) >= 11 is 0. The second kappa shape index (κ2) is 4.42. The van der Waals surface area contributed by atoms with Crippen molar-refractivity contribution < 1.29 is 9.31 Å². The summed E-state index contributed by atoms with van der Waals surface area (Å²) in [6, 6.07) is 3.48. The van der Waals surface area contributed by atoms with Crippen molar-refractivity contribution >= 4 is 5.69 Å². The fraction of sp³-hybridized carbons (Fsp3) is 0.333. The number of hydrogen-bond donors (Lipinski definition) is 0. The average molecular weight is 264 g/mol.